The number of piperidine rings is 1. The maximum atomic E-state index is 12.6. The first-order valence-electron chi connectivity index (χ1n) is 8.81. The normalized spacial score (nSPS) is 19.8. The summed E-state index contributed by atoms with van der Waals surface area (Å²) in [6, 6.07) is 5.41. The Labute approximate surface area is 154 Å². The smallest absolute Gasteiger partial charge is 0.345 e. The largest absolute Gasteiger partial charge is 0.424 e. The summed E-state index contributed by atoms with van der Waals surface area (Å²) in [5.74, 6) is -0.307. The fourth-order valence-corrected chi connectivity index (χ4v) is 3.35. The molecule has 1 aliphatic rings. The van der Waals surface area contributed by atoms with Crippen LogP contribution in [-0.4, -0.2) is 32.6 Å². The van der Waals surface area contributed by atoms with Crippen LogP contribution in [0.1, 0.15) is 60.8 Å². The number of nitrogens with zero attached hydrogens (tertiary/aromatic N) is 2. The molecule has 0 unspecified atom stereocenters. The summed E-state index contributed by atoms with van der Waals surface area (Å²) < 4.78 is 5.38. The van der Waals surface area contributed by atoms with Crippen molar-refractivity contribution >= 4 is 11.7 Å². The van der Waals surface area contributed by atoms with Gasteiger partial charge in [-0.1, -0.05) is 0 Å². The summed E-state index contributed by atoms with van der Waals surface area (Å²) in [5.41, 5.74) is -1.66. The maximum absolute atomic E-state index is 12.6. The molecule has 0 aromatic heterocycles. The van der Waals surface area contributed by atoms with Crippen LogP contribution >= 0.6 is 0 Å². The van der Waals surface area contributed by atoms with Gasteiger partial charge in [0.2, 0.25) is 0 Å². The Balaban J connectivity index is 2.12. The summed E-state index contributed by atoms with van der Waals surface area (Å²) >= 11 is 0. The molecule has 1 heterocycles. The molecule has 144 valence electrons. The van der Waals surface area contributed by atoms with E-state index in [9.17, 15) is 14.9 Å². The summed E-state index contributed by atoms with van der Waals surface area (Å²) in [5, 5.41) is 12.6. The number of benzene rings is 1. The van der Waals surface area contributed by atoms with Gasteiger partial charge in [-0.25, -0.2) is 4.79 Å². The Kier molecular flexibility index (Phi) is 5.44. The zero-order valence-electron chi connectivity index (χ0n) is 16.4. The Bertz CT molecular complexity index is 664. The summed E-state index contributed by atoms with van der Waals surface area (Å²) in [6.07, 6.45) is 3.06. The van der Waals surface area contributed by atoms with E-state index in [-0.39, 0.29) is 22.5 Å². The predicted octanol–water partition coefficient (Wildman–Crippen LogP) is 4.25. The highest BCUT2D eigenvalue weighted by Gasteiger charge is 2.47. The molecule has 0 spiro atoms. The van der Waals surface area contributed by atoms with Crippen molar-refractivity contribution in [3.63, 3.8) is 0 Å². The van der Waals surface area contributed by atoms with Crippen molar-refractivity contribution in [2.24, 2.45) is 0 Å². The minimum Gasteiger partial charge on any atom is -0.424 e. The quantitative estimate of drug-likeness (QED) is 0.336. The van der Waals surface area contributed by atoms with Crippen LogP contribution in [0.15, 0.2) is 24.3 Å². The van der Waals surface area contributed by atoms with Crippen molar-refractivity contribution in [1.29, 1.82) is 0 Å². The van der Waals surface area contributed by atoms with Gasteiger partial charge in [0, 0.05) is 23.2 Å². The highest BCUT2D eigenvalue weighted by Crippen LogP contribution is 2.40. The van der Waals surface area contributed by atoms with Crippen LogP contribution in [0.2, 0.25) is 0 Å². The van der Waals surface area contributed by atoms with Gasteiger partial charge in [-0.2, -0.15) is 5.06 Å². The first-order valence-corrected chi connectivity index (χ1v) is 8.81. The van der Waals surface area contributed by atoms with Crippen LogP contribution in [0, 0.1) is 10.1 Å². The molecule has 0 atom stereocenters. The number of hydrogen-bond donors (Lipinski definition) is 0. The average Bonchev–Trinajstić information content (AvgIpc) is 2.51. The Hall–Kier alpha value is -1.99. The van der Waals surface area contributed by atoms with Crippen molar-refractivity contribution in [1.82, 2.24) is 5.06 Å². The highest BCUT2D eigenvalue weighted by atomic mass is 16.7. The molecule has 7 heteroatoms. The van der Waals surface area contributed by atoms with Crippen LogP contribution in [0.3, 0.4) is 0 Å². The highest BCUT2D eigenvalue weighted by molar-refractivity contribution is 5.80. The van der Waals surface area contributed by atoms with Crippen molar-refractivity contribution in [2.45, 2.75) is 77.5 Å². The van der Waals surface area contributed by atoms with Crippen LogP contribution < -0.4 is 4.74 Å². The van der Waals surface area contributed by atoms with E-state index in [0.717, 1.165) is 19.3 Å². The number of ether oxygens (including phenoxy) is 1. The molecular formula is C19H28N2O5. The molecule has 0 bridgehead atoms. The predicted molar refractivity (Wildman–Crippen MR) is 97.7 cm³/mol. The Morgan fingerprint density at radius 2 is 1.62 bits per heavy atom. The van der Waals surface area contributed by atoms with E-state index in [1.54, 1.807) is 13.8 Å². The van der Waals surface area contributed by atoms with Gasteiger partial charge in [0.15, 0.2) is 5.60 Å². The van der Waals surface area contributed by atoms with Gasteiger partial charge in [-0.15, -0.1) is 0 Å². The lowest BCUT2D eigenvalue weighted by atomic mass is 9.82. The first-order chi connectivity index (χ1) is 11.8. The second-order valence-electron chi connectivity index (χ2n) is 8.51. The number of hydroxylamine groups is 2. The fraction of sp³-hybridized carbons (Fsp3) is 0.632. The molecule has 1 fully saturated rings. The molecule has 0 N–H and O–H groups in total. The molecule has 0 radical (unpaired) electrons. The zero-order chi connectivity index (χ0) is 19.8. The molecule has 0 amide bonds. The van der Waals surface area contributed by atoms with E-state index >= 15 is 0 Å². The van der Waals surface area contributed by atoms with Gasteiger partial charge in [-0.05, 0) is 72.9 Å². The van der Waals surface area contributed by atoms with Crippen LogP contribution in [-0.2, 0) is 9.63 Å². The van der Waals surface area contributed by atoms with Gasteiger partial charge < -0.3 is 4.74 Å². The van der Waals surface area contributed by atoms with Gasteiger partial charge in [0.1, 0.15) is 5.75 Å². The molecule has 7 nitrogen and oxygen atoms in total. The van der Waals surface area contributed by atoms with Gasteiger partial charge >= 0.3 is 5.97 Å². The van der Waals surface area contributed by atoms with Gasteiger partial charge in [0.25, 0.3) is 5.69 Å². The number of nitro benzene ring substituents is 1. The minimum atomic E-state index is -1.20. The first kappa shape index (κ1) is 20.3. The molecule has 26 heavy (non-hydrogen) atoms. The molecular weight excluding hydrogens is 336 g/mol. The molecule has 0 saturated carbocycles. The van der Waals surface area contributed by atoms with Crippen molar-refractivity contribution in [3.8, 4) is 5.75 Å². The summed E-state index contributed by atoms with van der Waals surface area (Å²) in [6.45, 7) is 11.7. The second-order valence-corrected chi connectivity index (χ2v) is 8.51. The van der Waals surface area contributed by atoms with E-state index < -0.39 is 16.5 Å². The lowest BCUT2D eigenvalue weighted by Gasteiger charge is -2.53. The van der Waals surface area contributed by atoms with E-state index in [1.807, 2.05) is 5.06 Å². The van der Waals surface area contributed by atoms with E-state index in [0.29, 0.717) is 0 Å². The summed E-state index contributed by atoms with van der Waals surface area (Å²) in [7, 11) is 0. The van der Waals surface area contributed by atoms with E-state index in [2.05, 4.69) is 27.7 Å². The average molecular weight is 364 g/mol. The van der Waals surface area contributed by atoms with E-state index in [4.69, 9.17) is 9.57 Å². The zero-order valence-corrected chi connectivity index (χ0v) is 16.4. The fourth-order valence-electron chi connectivity index (χ4n) is 3.35. The number of rotatable bonds is 5. The molecule has 2 rings (SSSR count). The molecule has 1 saturated heterocycles. The molecule has 1 aromatic carbocycles. The van der Waals surface area contributed by atoms with E-state index in [1.165, 1.54) is 24.3 Å². The third-order valence-electron chi connectivity index (χ3n) is 4.75. The number of esters is 1. The second kappa shape index (κ2) is 6.96. The van der Waals surface area contributed by atoms with Crippen LogP contribution in [0.25, 0.3) is 0 Å². The Morgan fingerprint density at radius 1 is 1.12 bits per heavy atom. The number of nitro groups is 1. The Morgan fingerprint density at radius 3 is 2.08 bits per heavy atom. The minimum absolute atomic E-state index is 0.0582. The standard InChI is InChI=1S/C19H28N2O5/c1-17(2)12-7-13-18(3,4)21(17)26-19(5,6)16(22)25-15-10-8-14(9-11-15)20(23)24/h8-11H,7,12-13H2,1-6H3. The third kappa shape index (κ3) is 4.40. The third-order valence-corrected chi connectivity index (χ3v) is 4.75. The topological polar surface area (TPSA) is 81.9 Å². The van der Waals surface area contributed by atoms with Crippen LogP contribution in [0.5, 0.6) is 5.75 Å². The van der Waals surface area contributed by atoms with Crippen LogP contribution in [0.4, 0.5) is 5.69 Å². The van der Waals surface area contributed by atoms with Crippen molar-refractivity contribution in [2.75, 3.05) is 0 Å². The SMILES string of the molecule is CC(C)(ON1C(C)(C)CCCC1(C)C)C(=O)Oc1ccc([N+](=O)[O-])cc1. The molecule has 0 aliphatic carbocycles. The lowest BCUT2D eigenvalue weighted by molar-refractivity contribution is -0.384. The molecule has 1 aromatic rings. The van der Waals surface area contributed by atoms with Gasteiger partial charge in [-0.3, -0.25) is 15.0 Å². The number of carbonyl (C=O) groups is 1. The monoisotopic (exact) mass is 364 g/mol. The lowest BCUT2D eigenvalue weighted by Crippen LogP contribution is -2.61. The van der Waals surface area contributed by atoms with Crippen molar-refractivity contribution < 1.29 is 19.3 Å². The number of hydrogen-bond acceptors (Lipinski definition) is 6. The number of non-ortho nitro benzene ring substituents is 1. The number of carbonyl (C=O) groups excluding carboxylic acids is 1. The van der Waals surface area contributed by atoms with Gasteiger partial charge in [0.05, 0.1) is 4.92 Å². The summed E-state index contributed by atoms with van der Waals surface area (Å²) in [4.78, 5) is 29.0. The molecule has 1 aliphatic heterocycles. The van der Waals surface area contributed by atoms with Crippen molar-refractivity contribution in [3.05, 3.63) is 34.4 Å². The maximum Gasteiger partial charge on any atom is 0.345 e.